The van der Waals surface area contributed by atoms with E-state index in [0.29, 0.717) is 0 Å². The smallest absolute Gasteiger partial charge is 0.0333 e. The van der Waals surface area contributed by atoms with Crippen LogP contribution in [0.3, 0.4) is 0 Å². The van der Waals surface area contributed by atoms with Crippen LogP contribution in [0.5, 0.6) is 0 Å². The van der Waals surface area contributed by atoms with Crippen LogP contribution in [0.15, 0.2) is 78.9 Å². The van der Waals surface area contributed by atoms with Gasteiger partial charge in [-0.05, 0) is 34.4 Å². The van der Waals surface area contributed by atoms with Crippen LogP contribution in [0, 0.1) is 17.9 Å². The Morgan fingerprint density at radius 1 is 0.591 bits per heavy atom. The third-order valence-electron chi connectivity index (χ3n) is 3.82. The summed E-state index contributed by atoms with van der Waals surface area (Å²) in [4.78, 5) is 0. The topological polar surface area (TPSA) is 0 Å². The molecule has 0 saturated carbocycles. The molecule has 0 aliphatic heterocycles. The molecule has 0 bridgehead atoms. The molecule has 101 valence electrons. The van der Waals surface area contributed by atoms with Gasteiger partial charge in [0, 0.05) is 16.5 Å². The molecule has 0 aromatic heterocycles. The molecular weight excluding hydrogens is 264 g/mol. The second kappa shape index (κ2) is 5.39. The third kappa shape index (κ3) is 2.24. The fourth-order valence-electron chi connectivity index (χ4n) is 2.73. The summed E-state index contributed by atoms with van der Waals surface area (Å²) in [6.07, 6.45) is 0. The van der Waals surface area contributed by atoms with Crippen molar-refractivity contribution in [2.45, 2.75) is 0 Å². The molecule has 0 unspecified atom stereocenters. The summed E-state index contributed by atoms with van der Waals surface area (Å²) in [6.45, 7) is 0. The van der Waals surface area contributed by atoms with Crippen molar-refractivity contribution in [2.24, 2.45) is 0 Å². The average molecular weight is 277 g/mol. The van der Waals surface area contributed by atoms with Gasteiger partial charge in [-0.2, -0.15) is 0 Å². The largest absolute Gasteiger partial charge is 0.0616 e. The van der Waals surface area contributed by atoms with Gasteiger partial charge in [0.05, 0.1) is 0 Å². The highest BCUT2D eigenvalue weighted by Gasteiger charge is 1.99. The van der Waals surface area contributed by atoms with Crippen LogP contribution >= 0.6 is 0 Å². The van der Waals surface area contributed by atoms with Crippen molar-refractivity contribution in [3.8, 4) is 11.8 Å². The Hall–Kier alpha value is -3.04. The molecule has 0 heteroatoms. The van der Waals surface area contributed by atoms with Crippen LogP contribution < -0.4 is 0 Å². The van der Waals surface area contributed by atoms with E-state index >= 15 is 0 Å². The highest BCUT2D eigenvalue weighted by molar-refractivity contribution is 5.90. The molecule has 1 radical (unpaired) electrons. The lowest BCUT2D eigenvalue weighted by molar-refractivity contribution is 1.68. The predicted octanol–water partition coefficient (Wildman–Crippen LogP) is 5.19. The molecule has 0 aliphatic rings. The van der Waals surface area contributed by atoms with E-state index in [4.69, 9.17) is 0 Å². The second-order valence-electron chi connectivity index (χ2n) is 5.22. The monoisotopic (exact) mass is 277 g/mol. The third-order valence-corrected chi connectivity index (χ3v) is 3.82. The van der Waals surface area contributed by atoms with Crippen LogP contribution in [-0.2, 0) is 0 Å². The fraction of sp³-hybridized carbons (Fsp3) is 0. The Morgan fingerprint density at radius 2 is 1.27 bits per heavy atom. The van der Waals surface area contributed by atoms with Gasteiger partial charge in [0.25, 0.3) is 0 Å². The van der Waals surface area contributed by atoms with Gasteiger partial charge in [-0.25, -0.2) is 0 Å². The Labute approximate surface area is 130 Å². The van der Waals surface area contributed by atoms with Crippen molar-refractivity contribution in [1.29, 1.82) is 0 Å². The Balaban J connectivity index is 1.88. The molecule has 0 spiro atoms. The first-order valence-corrected chi connectivity index (χ1v) is 7.31. The van der Waals surface area contributed by atoms with Crippen molar-refractivity contribution in [1.82, 2.24) is 0 Å². The van der Waals surface area contributed by atoms with Crippen molar-refractivity contribution < 1.29 is 0 Å². The molecule has 0 aliphatic carbocycles. The Kier molecular flexibility index (Phi) is 3.11. The Morgan fingerprint density at radius 3 is 2.23 bits per heavy atom. The SMILES string of the molecule is C(#Cc1cccc2ccccc12)c1cccc2ccc[c]c12. The van der Waals surface area contributed by atoms with Gasteiger partial charge in [-0.1, -0.05) is 78.6 Å². The summed E-state index contributed by atoms with van der Waals surface area (Å²) >= 11 is 0. The summed E-state index contributed by atoms with van der Waals surface area (Å²) in [6, 6.07) is 30.1. The first-order chi connectivity index (χ1) is 10.9. The van der Waals surface area contributed by atoms with Crippen LogP contribution in [0.25, 0.3) is 21.5 Å². The van der Waals surface area contributed by atoms with Crippen LogP contribution in [0.2, 0.25) is 0 Å². The van der Waals surface area contributed by atoms with Gasteiger partial charge >= 0.3 is 0 Å². The van der Waals surface area contributed by atoms with Gasteiger partial charge in [0.2, 0.25) is 0 Å². The lowest BCUT2D eigenvalue weighted by Crippen LogP contribution is -1.81. The molecule has 4 rings (SSSR count). The number of benzene rings is 4. The summed E-state index contributed by atoms with van der Waals surface area (Å²) in [5, 5.41) is 4.67. The second-order valence-corrected chi connectivity index (χ2v) is 5.22. The summed E-state index contributed by atoms with van der Waals surface area (Å²) < 4.78 is 0. The van der Waals surface area contributed by atoms with E-state index in [1.807, 2.05) is 18.2 Å². The fourth-order valence-corrected chi connectivity index (χ4v) is 2.73. The molecular formula is C22H13. The number of fused-ring (bicyclic) bond motifs is 2. The molecule has 4 aromatic carbocycles. The maximum absolute atomic E-state index is 3.33. The zero-order valence-electron chi connectivity index (χ0n) is 12.0. The van der Waals surface area contributed by atoms with Gasteiger partial charge < -0.3 is 0 Å². The van der Waals surface area contributed by atoms with Crippen LogP contribution in [0.4, 0.5) is 0 Å². The van der Waals surface area contributed by atoms with E-state index in [1.165, 1.54) is 16.2 Å². The molecule has 0 fully saturated rings. The van der Waals surface area contributed by atoms with E-state index in [-0.39, 0.29) is 0 Å². The van der Waals surface area contributed by atoms with Crippen molar-refractivity contribution >= 4 is 21.5 Å². The van der Waals surface area contributed by atoms with Gasteiger partial charge in [-0.3, -0.25) is 0 Å². The van der Waals surface area contributed by atoms with Crippen LogP contribution in [-0.4, -0.2) is 0 Å². The van der Waals surface area contributed by atoms with E-state index < -0.39 is 0 Å². The quantitative estimate of drug-likeness (QED) is 0.388. The molecule has 22 heavy (non-hydrogen) atoms. The van der Waals surface area contributed by atoms with Gasteiger partial charge in [0.1, 0.15) is 0 Å². The molecule has 4 aromatic rings. The van der Waals surface area contributed by atoms with Gasteiger partial charge in [0.15, 0.2) is 0 Å². The van der Waals surface area contributed by atoms with E-state index in [9.17, 15) is 0 Å². The van der Waals surface area contributed by atoms with Crippen LogP contribution in [0.1, 0.15) is 11.1 Å². The highest BCUT2D eigenvalue weighted by Crippen LogP contribution is 2.19. The normalized spacial score (nSPS) is 10.4. The maximum Gasteiger partial charge on any atom is 0.0333 e. The van der Waals surface area contributed by atoms with Crippen molar-refractivity contribution in [3.05, 3.63) is 96.1 Å². The molecule has 0 atom stereocenters. The standard InChI is InChI=1S/C22H13/c1-3-13-21-17(7-1)9-5-11-19(21)15-16-20-12-6-10-18-8-2-4-14-22(18)20/h1-13H. The minimum atomic E-state index is 1.02. The highest BCUT2D eigenvalue weighted by atomic mass is 14.0. The number of hydrogen-bond donors (Lipinski definition) is 0. The number of rotatable bonds is 0. The van der Waals surface area contributed by atoms with Crippen molar-refractivity contribution in [2.75, 3.05) is 0 Å². The van der Waals surface area contributed by atoms with Gasteiger partial charge in [-0.15, -0.1) is 0 Å². The average Bonchev–Trinajstić information content (AvgIpc) is 2.60. The maximum atomic E-state index is 3.33. The zero-order valence-corrected chi connectivity index (χ0v) is 12.0. The minimum absolute atomic E-state index is 1.02. The van der Waals surface area contributed by atoms with Crippen molar-refractivity contribution in [3.63, 3.8) is 0 Å². The molecule has 0 saturated heterocycles. The summed E-state index contributed by atoms with van der Waals surface area (Å²) in [5.74, 6) is 6.64. The van der Waals surface area contributed by atoms with E-state index in [2.05, 4.69) is 78.6 Å². The first kappa shape index (κ1) is 12.7. The van der Waals surface area contributed by atoms with E-state index in [0.717, 1.165) is 16.5 Å². The lowest BCUT2D eigenvalue weighted by atomic mass is 10.0. The first-order valence-electron chi connectivity index (χ1n) is 7.31. The Bertz CT molecular complexity index is 936. The van der Waals surface area contributed by atoms with E-state index in [1.54, 1.807) is 0 Å². The molecule has 0 nitrogen and oxygen atoms in total. The minimum Gasteiger partial charge on any atom is -0.0616 e. The molecule has 0 N–H and O–H groups in total. The summed E-state index contributed by atoms with van der Waals surface area (Å²) in [7, 11) is 0. The zero-order chi connectivity index (χ0) is 14.8. The summed E-state index contributed by atoms with van der Waals surface area (Å²) in [5.41, 5.74) is 2.08. The molecule has 0 heterocycles. The molecule has 0 amide bonds. The predicted molar refractivity (Wildman–Crippen MR) is 92.7 cm³/mol. The number of hydrogen-bond acceptors (Lipinski definition) is 0. The lowest BCUT2D eigenvalue weighted by Gasteiger charge is -2.01.